The van der Waals surface area contributed by atoms with Gasteiger partial charge in [0.25, 0.3) is 0 Å². The number of aromatic nitrogens is 4. The number of hydrogen-bond acceptors (Lipinski definition) is 6. The molecule has 0 fully saturated rings. The number of carboxylic acid groups (broad SMARTS) is 1. The third-order valence-electron chi connectivity index (χ3n) is 4.59. The molecule has 1 atom stereocenters. The molecule has 8 nitrogen and oxygen atoms in total. The van der Waals surface area contributed by atoms with Crippen molar-refractivity contribution < 1.29 is 14.5 Å². The molecule has 0 saturated heterocycles. The number of nitrogens with zero attached hydrogens (tertiary/aromatic N) is 5. The van der Waals surface area contributed by atoms with Crippen molar-refractivity contribution in [3.8, 4) is 0 Å². The van der Waals surface area contributed by atoms with E-state index in [2.05, 4.69) is 26.9 Å². The van der Waals surface area contributed by atoms with Crippen LogP contribution in [0.3, 0.4) is 0 Å². The fourth-order valence-corrected chi connectivity index (χ4v) is 3.25. The second-order valence-corrected chi connectivity index (χ2v) is 6.16. The summed E-state index contributed by atoms with van der Waals surface area (Å²) in [6, 6.07) is 0.230. The molecule has 0 bridgehead atoms. The molecule has 3 rings (SSSR count). The van der Waals surface area contributed by atoms with Crippen molar-refractivity contribution >= 4 is 5.97 Å². The van der Waals surface area contributed by atoms with Gasteiger partial charge in [0, 0.05) is 23.8 Å². The van der Waals surface area contributed by atoms with Gasteiger partial charge in [-0.05, 0) is 33.2 Å². The van der Waals surface area contributed by atoms with Gasteiger partial charge in [0.2, 0.25) is 0 Å². The van der Waals surface area contributed by atoms with E-state index in [1.165, 1.54) is 0 Å². The lowest BCUT2D eigenvalue weighted by Crippen LogP contribution is -2.36. The molecule has 2 aromatic rings. The van der Waals surface area contributed by atoms with E-state index in [-0.39, 0.29) is 11.7 Å². The third kappa shape index (κ3) is 2.96. The molecule has 0 amide bonds. The summed E-state index contributed by atoms with van der Waals surface area (Å²) in [5.74, 6) is -0.978. The van der Waals surface area contributed by atoms with E-state index in [1.807, 2.05) is 14.0 Å². The van der Waals surface area contributed by atoms with Gasteiger partial charge in [0.1, 0.15) is 11.4 Å². The first-order valence-electron chi connectivity index (χ1n) is 7.92. The van der Waals surface area contributed by atoms with Gasteiger partial charge in [-0.15, -0.1) is 6.58 Å². The lowest BCUT2D eigenvalue weighted by molar-refractivity contribution is 0.0687. The molecule has 0 unspecified atom stereocenters. The molecule has 8 heteroatoms. The standard InChI is InChI=1S/C16H21N5O3/c1-4-7-21-14-6-5-11(8-12(14)15(17-21)16(22)23)20(3)9-13-10(2)18-24-19-13/h4,11H,1,5-9H2,2-3H3,(H,22,23)/t11-/m0/s1. The summed E-state index contributed by atoms with van der Waals surface area (Å²) < 4.78 is 6.50. The maximum atomic E-state index is 11.5. The monoisotopic (exact) mass is 331 g/mol. The van der Waals surface area contributed by atoms with E-state index in [1.54, 1.807) is 10.8 Å². The van der Waals surface area contributed by atoms with Crippen molar-refractivity contribution in [3.05, 3.63) is 41.0 Å². The van der Waals surface area contributed by atoms with Gasteiger partial charge in [0.15, 0.2) is 5.69 Å². The third-order valence-corrected chi connectivity index (χ3v) is 4.59. The van der Waals surface area contributed by atoms with Gasteiger partial charge in [-0.3, -0.25) is 9.58 Å². The van der Waals surface area contributed by atoms with Crippen molar-refractivity contribution in [1.29, 1.82) is 0 Å². The number of carbonyl (C=O) groups is 1. The normalized spacial score (nSPS) is 17.0. The highest BCUT2D eigenvalue weighted by atomic mass is 16.6. The molecule has 24 heavy (non-hydrogen) atoms. The minimum absolute atomic E-state index is 0.157. The maximum Gasteiger partial charge on any atom is 0.356 e. The van der Waals surface area contributed by atoms with Crippen LogP contribution in [0, 0.1) is 6.92 Å². The van der Waals surface area contributed by atoms with E-state index in [4.69, 9.17) is 4.63 Å². The molecule has 0 aliphatic heterocycles. The number of aromatic carboxylic acids is 1. The van der Waals surface area contributed by atoms with Crippen LogP contribution in [0.1, 0.15) is 39.6 Å². The summed E-state index contributed by atoms with van der Waals surface area (Å²) >= 11 is 0. The van der Waals surface area contributed by atoms with Gasteiger partial charge in [-0.2, -0.15) is 5.10 Å². The molecule has 2 heterocycles. The Bertz CT molecular complexity index is 764. The molecule has 1 aliphatic rings. The number of allylic oxidation sites excluding steroid dienone is 1. The van der Waals surface area contributed by atoms with E-state index in [0.29, 0.717) is 19.5 Å². The lowest BCUT2D eigenvalue weighted by atomic mass is 9.90. The van der Waals surface area contributed by atoms with E-state index in [9.17, 15) is 9.90 Å². The van der Waals surface area contributed by atoms with Crippen LogP contribution in [0.5, 0.6) is 0 Å². The number of hydrogen-bond donors (Lipinski definition) is 1. The quantitative estimate of drug-likeness (QED) is 0.800. The van der Waals surface area contributed by atoms with E-state index < -0.39 is 5.97 Å². The van der Waals surface area contributed by atoms with E-state index in [0.717, 1.165) is 35.5 Å². The topological polar surface area (TPSA) is 97.3 Å². The van der Waals surface area contributed by atoms with Crippen molar-refractivity contribution in [3.63, 3.8) is 0 Å². The number of aryl methyl sites for hydroxylation is 1. The summed E-state index contributed by atoms with van der Waals surface area (Å²) in [6.45, 7) is 6.73. The van der Waals surface area contributed by atoms with Gasteiger partial charge in [0.05, 0.1) is 6.54 Å². The summed E-state index contributed by atoms with van der Waals surface area (Å²) in [5, 5.41) is 21.4. The molecule has 1 N–H and O–H groups in total. The second-order valence-electron chi connectivity index (χ2n) is 6.16. The molecule has 128 valence electrons. The van der Waals surface area contributed by atoms with Crippen molar-refractivity contribution in [2.24, 2.45) is 0 Å². The SMILES string of the molecule is C=CCn1nc(C(=O)O)c2c1CC[C@H](N(C)Cc1nonc1C)C2. The molecule has 0 spiro atoms. The Kier molecular flexibility index (Phi) is 4.48. The van der Waals surface area contributed by atoms with Crippen molar-refractivity contribution in [1.82, 2.24) is 25.0 Å². The van der Waals surface area contributed by atoms with Gasteiger partial charge in [-0.25, -0.2) is 9.42 Å². The van der Waals surface area contributed by atoms with Gasteiger partial charge in [-0.1, -0.05) is 16.4 Å². The second kappa shape index (κ2) is 6.56. The molecule has 0 radical (unpaired) electrons. The average Bonchev–Trinajstić information content (AvgIpc) is 3.12. The van der Waals surface area contributed by atoms with Crippen molar-refractivity contribution in [2.45, 2.75) is 45.3 Å². The van der Waals surface area contributed by atoms with Crippen LogP contribution in [0.25, 0.3) is 0 Å². The molecule has 0 aromatic carbocycles. The predicted molar refractivity (Wildman–Crippen MR) is 85.7 cm³/mol. The van der Waals surface area contributed by atoms with Crippen LogP contribution in [-0.4, -0.2) is 49.2 Å². The number of rotatable bonds is 6. The Hall–Kier alpha value is -2.48. The first-order chi connectivity index (χ1) is 11.5. The summed E-state index contributed by atoms with van der Waals surface area (Å²) in [5.41, 5.74) is 3.59. The lowest BCUT2D eigenvalue weighted by Gasteiger charge is -2.31. The Morgan fingerprint density at radius 2 is 2.33 bits per heavy atom. The Balaban J connectivity index is 1.81. The maximum absolute atomic E-state index is 11.5. The fourth-order valence-electron chi connectivity index (χ4n) is 3.25. The van der Waals surface area contributed by atoms with Crippen LogP contribution in [-0.2, 0) is 25.9 Å². The van der Waals surface area contributed by atoms with Crippen LogP contribution in [0.15, 0.2) is 17.3 Å². The first kappa shape index (κ1) is 16.4. The first-order valence-corrected chi connectivity index (χ1v) is 7.92. The predicted octanol–water partition coefficient (Wildman–Crippen LogP) is 1.45. The average molecular weight is 331 g/mol. The zero-order valence-corrected chi connectivity index (χ0v) is 13.9. The Labute approximate surface area is 139 Å². The van der Waals surface area contributed by atoms with Crippen LogP contribution >= 0.6 is 0 Å². The van der Waals surface area contributed by atoms with Crippen molar-refractivity contribution in [2.75, 3.05) is 7.05 Å². The van der Waals surface area contributed by atoms with Gasteiger partial charge < -0.3 is 5.11 Å². The van der Waals surface area contributed by atoms with Crippen LogP contribution in [0.4, 0.5) is 0 Å². The smallest absolute Gasteiger partial charge is 0.356 e. The molecule has 1 aliphatic carbocycles. The van der Waals surface area contributed by atoms with Crippen LogP contribution < -0.4 is 0 Å². The Morgan fingerprint density at radius 3 is 2.96 bits per heavy atom. The number of fused-ring (bicyclic) bond motifs is 1. The molecule has 2 aromatic heterocycles. The number of carboxylic acids is 1. The summed E-state index contributed by atoms with van der Waals surface area (Å²) in [4.78, 5) is 13.7. The van der Waals surface area contributed by atoms with E-state index >= 15 is 0 Å². The highest BCUT2D eigenvalue weighted by molar-refractivity contribution is 5.87. The minimum Gasteiger partial charge on any atom is -0.476 e. The number of likely N-dealkylation sites (N-methyl/N-ethyl adjacent to an activating group) is 1. The molecule has 0 saturated carbocycles. The summed E-state index contributed by atoms with van der Waals surface area (Å²) in [7, 11) is 2.01. The highest BCUT2D eigenvalue weighted by Crippen LogP contribution is 2.28. The zero-order valence-electron chi connectivity index (χ0n) is 13.9. The Morgan fingerprint density at radius 1 is 1.54 bits per heavy atom. The minimum atomic E-state index is -0.978. The molecular formula is C16H21N5O3. The van der Waals surface area contributed by atoms with Gasteiger partial charge >= 0.3 is 5.97 Å². The molecular weight excluding hydrogens is 310 g/mol. The zero-order chi connectivity index (χ0) is 17.3. The highest BCUT2D eigenvalue weighted by Gasteiger charge is 2.30. The summed E-state index contributed by atoms with van der Waals surface area (Å²) in [6.07, 6.45) is 4.14. The largest absolute Gasteiger partial charge is 0.476 e. The van der Waals surface area contributed by atoms with Crippen LogP contribution in [0.2, 0.25) is 0 Å². The fraction of sp³-hybridized carbons (Fsp3) is 0.500.